The molecule has 2 N–H and O–H groups in total. The predicted octanol–water partition coefficient (Wildman–Crippen LogP) is 3.38. The summed E-state index contributed by atoms with van der Waals surface area (Å²) in [5, 5.41) is 18.7. The molecule has 1 aliphatic rings. The number of hydrogen-bond donors (Lipinski definition) is 2. The van der Waals surface area contributed by atoms with Gasteiger partial charge in [0.2, 0.25) is 15.9 Å². The summed E-state index contributed by atoms with van der Waals surface area (Å²) in [5.41, 5.74) is 0.378. The van der Waals surface area contributed by atoms with Crippen molar-refractivity contribution in [2.24, 2.45) is 5.92 Å². The number of rotatable bonds is 8. The SMILES string of the molecule is O=C(NCCNc1ccccc1[N+](=O)[O-])C1CCN(S(=O)(=O)c2ccc3ccccc3c2)CC1. The van der Waals surface area contributed by atoms with Crippen LogP contribution in [0.4, 0.5) is 11.4 Å². The molecule has 9 nitrogen and oxygen atoms in total. The largest absolute Gasteiger partial charge is 0.378 e. The Labute approximate surface area is 198 Å². The van der Waals surface area contributed by atoms with Crippen LogP contribution in [0.25, 0.3) is 10.8 Å². The molecule has 178 valence electrons. The van der Waals surface area contributed by atoms with Crippen molar-refractivity contribution in [3.8, 4) is 0 Å². The molecule has 1 aliphatic heterocycles. The molecule has 34 heavy (non-hydrogen) atoms. The molecule has 1 amide bonds. The van der Waals surface area contributed by atoms with E-state index in [4.69, 9.17) is 0 Å². The molecule has 0 spiro atoms. The normalized spacial score (nSPS) is 15.2. The van der Waals surface area contributed by atoms with Gasteiger partial charge in [-0.15, -0.1) is 0 Å². The fraction of sp³-hybridized carbons (Fsp3) is 0.292. The van der Waals surface area contributed by atoms with Crippen molar-refractivity contribution >= 4 is 38.1 Å². The Morgan fingerprint density at radius 3 is 2.38 bits per heavy atom. The first-order valence-corrected chi connectivity index (χ1v) is 12.5. The molecule has 1 heterocycles. The number of nitrogens with one attached hydrogen (secondary N) is 2. The fourth-order valence-corrected chi connectivity index (χ4v) is 5.65. The van der Waals surface area contributed by atoms with Gasteiger partial charge in [0.05, 0.1) is 9.82 Å². The maximum absolute atomic E-state index is 13.1. The highest BCUT2D eigenvalue weighted by atomic mass is 32.2. The quantitative estimate of drug-likeness (QED) is 0.288. The number of nitro benzene ring substituents is 1. The minimum atomic E-state index is -3.63. The number of sulfonamides is 1. The van der Waals surface area contributed by atoms with Crippen LogP contribution in [0.15, 0.2) is 71.6 Å². The van der Waals surface area contributed by atoms with Crippen LogP contribution in [-0.2, 0) is 14.8 Å². The average Bonchev–Trinajstić information content (AvgIpc) is 2.86. The van der Waals surface area contributed by atoms with Crippen molar-refractivity contribution in [1.29, 1.82) is 0 Å². The molecule has 0 radical (unpaired) electrons. The fourth-order valence-electron chi connectivity index (χ4n) is 4.14. The van der Waals surface area contributed by atoms with Crippen molar-refractivity contribution in [2.75, 3.05) is 31.5 Å². The number of nitro groups is 1. The second-order valence-corrected chi connectivity index (χ2v) is 10.1. The molecule has 0 saturated carbocycles. The molecule has 0 unspecified atom stereocenters. The van der Waals surface area contributed by atoms with Crippen molar-refractivity contribution in [3.05, 3.63) is 76.8 Å². The number of carbonyl (C=O) groups excluding carboxylic acids is 1. The van der Waals surface area contributed by atoms with Crippen molar-refractivity contribution in [1.82, 2.24) is 9.62 Å². The number of piperidine rings is 1. The Morgan fingerprint density at radius 2 is 1.65 bits per heavy atom. The molecule has 10 heteroatoms. The summed E-state index contributed by atoms with van der Waals surface area (Å²) < 4.78 is 27.6. The van der Waals surface area contributed by atoms with Crippen LogP contribution < -0.4 is 10.6 Å². The van der Waals surface area contributed by atoms with Gasteiger partial charge in [-0.2, -0.15) is 4.31 Å². The first-order valence-electron chi connectivity index (χ1n) is 11.1. The second-order valence-electron chi connectivity index (χ2n) is 8.18. The summed E-state index contributed by atoms with van der Waals surface area (Å²) in [7, 11) is -3.63. The number of nitrogens with zero attached hydrogens (tertiary/aromatic N) is 2. The zero-order chi connectivity index (χ0) is 24.1. The highest BCUT2D eigenvalue weighted by Gasteiger charge is 2.32. The number of anilines is 1. The molecule has 3 aromatic carbocycles. The maximum Gasteiger partial charge on any atom is 0.292 e. The standard InChI is InChI=1S/C24H26N4O5S/c29-24(26-14-13-25-22-7-3-4-8-23(22)28(30)31)19-11-15-27(16-12-19)34(32,33)21-10-9-18-5-1-2-6-20(18)17-21/h1-10,17,19,25H,11-16H2,(H,26,29). The second kappa shape index (κ2) is 10.2. The summed E-state index contributed by atoms with van der Waals surface area (Å²) >= 11 is 0. The van der Waals surface area contributed by atoms with Gasteiger partial charge < -0.3 is 10.6 Å². The monoisotopic (exact) mass is 482 g/mol. The summed E-state index contributed by atoms with van der Waals surface area (Å²) in [4.78, 5) is 23.4. The zero-order valence-corrected chi connectivity index (χ0v) is 19.3. The molecule has 1 fully saturated rings. The van der Waals surface area contributed by atoms with E-state index in [-0.39, 0.29) is 35.5 Å². The molecule has 3 aromatic rings. The number of carbonyl (C=O) groups is 1. The molecule has 0 atom stereocenters. The summed E-state index contributed by atoms with van der Waals surface area (Å²) in [6, 6.07) is 19.1. The number of benzene rings is 3. The zero-order valence-electron chi connectivity index (χ0n) is 18.5. The highest BCUT2D eigenvalue weighted by molar-refractivity contribution is 7.89. The Bertz CT molecular complexity index is 1300. The minimum absolute atomic E-state index is 0.0196. The van der Waals surface area contributed by atoms with Crippen LogP contribution in [0.2, 0.25) is 0 Å². The summed E-state index contributed by atoms with van der Waals surface area (Å²) in [6.45, 7) is 1.20. The smallest absolute Gasteiger partial charge is 0.292 e. The maximum atomic E-state index is 13.1. The lowest BCUT2D eigenvalue weighted by Crippen LogP contribution is -2.43. The Kier molecular flexibility index (Phi) is 7.09. The van der Waals surface area contributed by atoms with Crippen LogP contribution in [0.3, 0.4) is 0 Å². The van der Waals surface area contributed by atoms with E-state index in [1.807, 2.05) is 24.3 Å². The Hall–Kier alpha value is -3.50. The van der Waals surface area contributed by atoms with E-state index < -0.39 is 14.9 Å². The number of amides is 1. The van der Waals surface area contributed by atoms with E-state index >= 15 is 0 Å². The van der Waals surface area contributed by atoms with Crippen LogP contribution in [-0.4, -0.2) is 49.7 Å². The van der Waals surface area contributed by atoms with E-state index in [0.717, 1.165) is 10.8 Å². The number of fused-ring (bicyclic) bond motifs is 1. The van der Waals surface area contributed by atoms with Crippen LogP contribution in [0.5, 0.6) is 0 Å². The van der Waals surface area contributed by atoms with E-state index in [1.165, 1.54) is 10.4 Å². The van der Waals surface area contributed by atoms with Crippen molar-refractivity contribution in [3.63, 3.8) is 0 Å². The van der Waals surface area contributed by atoms with Crippen molar-refractivity contribution in [2.45, 2.75) is 17.7 Å². The number of para-hydroxylation sites is 2. The van der Waals surface area contributed by atoms with E-state index in [1.54, 1.807) is 36.4 Å². The van der Waals surface area contributed by atoms with Gasteiger partial charge in [0.25, 0.3) is 5.69 Å². The average molecular weight is 483 g/mol. The molecule has 0 bridgehead atoms. The lowest BCUT2D eigenvalue weighted by Gasteiger charge is -2.30. The van der Waals surface area contributed by atoms with Gasteiger partial charge in [-0.1, -0.05) is 42.5 Å². The van der Waals surface area contributed by atoms with E-state index in [0.29, 0.717) is 31.6 Å². The predicted molar refractivity (Wildman–Crippen MR) is 130 cm³/mol. The van der Waals surface area contributed by atoms with Gasteiger partial charge in [0.1, 0.15) is 5.69 Å². The third-order valence-electron chi connectivity index (χ3n) is 6.02. The molecular formula is C24H26N4O5S. The minimum Gasteiger partial charge on any atom is -0.378 e. The van der Waals surface area contributed by atoms with Crippen LogP contribution >= 0.6 is 0 Å². The number of hydrogen-bond acceptors (Lipinski definition) is 6. The topological polar surface area (TPSA) is 122 Å². The van der Waals surface area contributed by atoms with Crippen LogP contribution in [0, 0.1) is 16.0 Å². The van der Waals surface area contributed by atoms with E-state index in [2.05, 4.69) is 10.6 Å². The van der Waals surface area contributed by atoms with Crippen molar-refractivity contribution < 1.29 is 18.1 Å². The van der Waals surface area contributed by atoms with Gasteiger partial charge >= 0.3 is 0 Å². The van der Waals surface area contributed by atoms with Gasteiger partial charge in [0.15, 0.2) is 0 Å². The highest BCUT2D eigenvalue weighted by Crippen LogP contribution is 2.26. The lowest BCUT2D eigenvalue weighted by atomic mass is 9.97. The van der Waals surface area contributed by atoms with Gasteiger partial charge in [-0.05, 0) is 41.8 Å². The molecule has 0 aliphatic carbocycles. The van der Waals surface area contributed by atoms with Gasteiger partial charge in [0, 0.05) is 38.2 Å². The third kappa shape index (κ3) is 5.18. The molecule has 1 saturated heterocycles. The first-order chi connectivity index (χ1) is 16.4. The first kappa shape index (κ1) is 23.7. The van der Waals surface area contributed by atoms with E-state index in [9.17, 15) is 23.3 Å². The van der Waals surface area contributed by atoms with Gasteiger partial charge in [-0.25, -0.2) is 8.42 Å². The molecule has 4 rings (SSSR count). The molecule has 0 aromatic heterocycles. The Morgan fingerprint density at radius 1 is 0.971 bits per heavy atom. The third-order valence-corrected chi connectivity index (χ3v) is 7.92. The lowest BCUT2D eigenvalue weighted by molar-refractivity contribution is -0.384. The molecular weight excluding hydrogens is 456 g/mol. The summed E-state index contributed by atoms with van der Waals surface area (Å²) in [5.74, 6) is -0.402. The van der Waals surface area contributed by atoms with Gasteiger partial charge in [-0.3, -0.25) is 14.9 Å². The van der Waals surface area contributed by atoms with Crippen LogP contribution in [0.1, 0.15) is 12.8 Å². The Balaban J connectivity index is 1.27. The summed E-state index contributed by atoms with van der Waals surface area (Å²) in [6.07, 6.45) is 0.881.